The Labute approximate surface area is 475 Å². The molecule has 0 unspecified atom stereocenters. The predicted molar refractivity (Wildman–Crippen MR) is 306 cm³/mol. The summed E-state index contributed by atoms with van der Waals surface area (Å²) in [6.07, 6.45) is 1.75. The second-order valence-electron chi connectivity index (χ2n) is 18.5. The fraction of sp³-hybridized carbons (Fsp3) is 0.0952. The second kappa shape index (κ2) is 17.1. The van der Waals surface area contributed by atoms with Crippen molar-refractivity contribution >= 4 is 119 Å². The summed E-state index contributed by atoms with van der Waals surface area (Å²) in [6, 6.07) is 66.9. The van der Waals surface area contributed by atoms with E-state index in [1.807, 2.05) is 165 Å². The van der Waals surface area contributed by atoms with Gasteiger partial charge in [0.15, 0.2) is 0 Å². The summed E-state index contributed by atoms with van der Waals surface area (Å²) in [5, 5.41) is 0. The Morgan fingerprint density at radius 3 is 1.03 bits per heavy atom. The Bertz CT molecular complexity index is 4290. The van der Waals surface area contributed by atoms with Crippen molar-refractivity contribution in [3.63, 3.8) is 0 Å². The van der Waals surface area contributed by atoms with Crippen molar-refractivity contribution in [1.29, 1.82) is 0 Å². The van der Waals surface area contributed by atoms with Gasteiger partial charge in [0.2, 0.25) is 0 Å². The molecule has 76 heavy (non-hydrogen) atoms. The van der Waals surface area contributed by atoms with Crippen LogP contribution in [0.5, 0.6) is 0 Å². The van der Waals surface area contributed by atoms with Gasteiger partial charge in [0.05, 0.1) is 0 Å². The molecule has 0 radical (unpaired) electrons. The molecular formula is C63H47N11Pt2-4. The molecule has 0 N–H and O–H groups in total. The minimum atomic E-state index is -2.68. The summed E-state index contributed by atoms with van der Waals surface area (Å²) >= 11 is -3.42. The SMILES string of the molecule is [2H]C([2H])([2H])N1[C]2=[Pt]=[C]3N(c4[c-]c(cc(C)c4)N(c4ccc(N5c6[c-]c(ccc6)N6[C](=[Pt]=[C]7N(c8[c-]c5cc(C)c8)c5ccccc5N7C([2H])([2H])[2H])N(C([2H])([2H])[2H])c5ccccc56)nc4)c4[c-]c(ccc4)N2c2ccccc21)c1ccccc1N3C([2H])([2H])[2H]. The Morgan fingerprint density at radius 1 is 0.342 bits per heavy atom. The zero-order valence-corrected chi connectivity index (χ0v) is 44.8. The molecule has 0 saturated carbocycles. The molecule has 7 heterocycles. The molecule has 1 aromatic heterocycles. The van der Waals surface area contributed by atoms with Gasteiger partial charge in [-0.3, -0.25) is 0 Å². The van der Waals surface area contributed by atoms with Crippen LogP contribution >= 0.6 is 0 Å². The fourth-order valence-electron chi connectivity index (χ4n) is 10.5. The van der Waals surface area contributed by atoms with Crippen molar-refractivity contribution in [2.24, 2.45) is 0 Å². The van der Waals surface area contributed by atoms with Crippen LogP contribution in [0.4, 0.5) is 103 Å². The number of para-hydroxylation sites is 8. The van der Waals surface area contributed by atoms with E-state index in [2.05, 4.69) is 24.3 Å². The summed E-state index contributed by atoms with van der Waals surface area (Å²) in [5.74, 6) is 0.445. The number of hydrogen-bond acceptors (Lipinski definition) is 11. The van der Waals surface area contributed by atoms with Crippen LogP contribution in [0.15, 0.2) is 176 Å². The third kappa shape index (κ3) is 6.78. The number of rotatable bonds is 2. The molecule has 15 rings (SSSR count). The molecule has 8 bridgehead atoms. The number of anilines is 18. The molecule has 6 aliphatic rings. The molecular weight excluding hydrogens is 1300 g/mol. The van der Waals surface area contributed by atoms with E-state index in [9.17, 15) is 0 Å². The molecule has 0 saturated heterocycles. The normalized spacial score (nSPS) is 19.0. The Morgan fingerprint density at radius 2 is 0.658 bits per heavy atom. The molecule has 13 heteroatoms. The molecule has 9 aromatic rings. The molecule has 0 atom stereocenters. The Balaban J connectivity index is 0.945. The summed E-state index contributed by atoms with van der Waals surface area (Å²) < 4.78 is 110. The van der Waals surface area contributed by atoms with Crippen LogP contribution in [0.1, 0.15) is 27.6 Å². The van der Waals surface area contributed by atoms with E-state index in [0.717, 1.165) is 11.1 Å². The summed E-state index contributed by atoms with van der Waals surface area (Å²) in [4.78, 5) is 22.3. The molecule has 0 fully saturated rings. The van der Waals surface area contributed by atoms with Gasteiger partial charge in [-0.25, -0.2) is 0 Å². The topological polar surface area (TPSA) is 45.3 Å². The van der Waals surface area contributed by atoms with Crippen molar-refractivity contribution in [3.8, 4) is 0 Å². The first-order valence-electron chi connectivity index (χ1n) is 30.1. The molecule has 8 aromatic carbocycles. The van der Waals surface area contributed by atoms with Gasteiger partial charge < -0.3 is 0 Å². The summed E-state index contributed by atoms with van der Waals surface area (Å²) in [5.41, 5.74) is 10.7. The van der Waals surface area contributed by atoms with Crippen molar-refractivity contribution in [3.05, 3.63) is 211 Å². The van der Waals surface area contributed by atoms with Crippen LogP contribution in [-0.2, 0) is 35.3 Å². The predicted octanol–water partition coefficient (Wildman–Crippen LogP) is 12.7. The zero-order valence-electron chi connectivity index (χ0n) is 52.3. The van der Waals surface area contributed by atoms with Crippen LogP contribution in [0.2, 0.25) is 0 Å². The summed E-state index contributed by atoms with van der Waals surface area (Å²) in [7, 11) is 0. The Kier molecular flexibility index (Phi) is 7.75. The number of nitrogens with zero attached hydrogens (tertiary/aromatic N) is 11. The number of pyridine rings is 1. The maximum absolute atomic E-state index is 9.05. The van der Waals surface area contributed by atoms with Gasteiger partial charge in [0.1, 0.15) is 0 Å². The Hall–Kier alpha value is -8.23. The van der Waals surface area contributed by atoms with E-state index in [-0.39, 0.29) is 0 Å². The first kappa shape index (κ1) is 34.4. The van der Waals surface area contributed by atoms with E-state index < -0.39 is 63.2 Å². The van der Waals surface area contributed by atoms with Gasteiger partial charge in [-0.15, -0.1) is 0 Å². The van der Waals surface area contributed by atoms with Gasteiger partial charge in [-0.2, -0.15) is 0 Å². The summed E-state index contributed by atoms with van der Waals surface area (Å²) in [6.45, 7) is -6.79. The van der Waals surface area contributed by atoms with Gasteiger partial charge in [-0.05, 0) is 0 Å². The standard InChI is InChI=1S/C63H47N11.2Pt/c1-44-31-51(71-42-67(5)57-23-9-13-27-61(57)71)37-53(33-44)73(48-19-15-17-46(35-48)69-40-65(3)55-21-7-11-25-59(55)69)50-29-30-63(64-39-50)74(49-20-16-18-47(36-49)70-41-66(4)56-22-8-12-26-60(56)70)54-34-45(2)32-52(38-54)72-43-68(6)58-24-10-14-28-62(58)72;;/h7-34,39H,1-6H3;;/q-4;;/i3D3,4D3,5D3,6D3;;. The van der Waals surface area contributed by atoms with E-state index >= 15 is 0 Å². The first-order valence-corrected chi connectivity index (χ1v) is 28.7. The molecule has 11 nitrogen and oxygen atoms in total. The van der Waals surface area contributed by atoms with Crippen LogP contribution in [0.3, 0.4) is 0 Å². The number of benzene rings is 8. The number of aryl methyl sites for hydroxylation is 2. The fourth-order valence-corrected chi connectivity index (χ4v) is 16.7. The zero-order chi connectivity index (χ0) is 61.1. The van der Waals surface area contributed by atoms with Crippen LogP contribution in [0.25, 0.3) is 0 Å². The van der Waals surface area contributed by atoms with Crippen LogP contribution in [0, 0.1) is 38.1 Å². The van der Waals surface area contributed by atoms with Gasteiger partial charge in [-0.1, -0.05) is 0 Å². The van der Waals surface area contributed by atoms with Crippen molar-refractivity contribution < 1.29 is 51.7 Å². The first-order chi connectivity index (χ1) is 42.0. The molecule has 0 spiro atoms. The van der Waals surface area contributed by atoms with E-state index in [4.69, 9.17) is 21.4 Å². The molecule has 0 aliphatic carbocycles. The van der Waals surface area contributed by atoms with Crippen LogP contribution < -0.4 is 49.0 Å². The third-order valence-electron chi connectivity index (χ3n) is 13.7. The third-order valence-corrected chi connectivity index (χ3v) is 19.8. The van der Waals surface area contributed by atoms with E-state index in [1.165, 1.54) is 19.6 Å². The second-order valence-corrected chi connectivity index (χ2v) is 23.7. The molecule has 0 amide bonds. The maximum atomic E-state index is 9.05. The van der Waals surface area contributed by atoms with Crippen molar-refractivity contribution in [2.75, 3.05) is 76.9 Å². The van der Waals surface area contributed by atoms with E-state index in [0.29, 0.717) is 119 Å². The minimum absolute atomic E-state index is 0.402. The average Bonchev–Trinajstić information content (AvgIpc) is 1.59. The number of hydrogen-bond donors (Lipinski definition) is 0. The van der Waals surface area contributed by atoms with Gasteiger partial charge in [0, 0.05) is 0 Å². The monoisotopic (exact) mass is 1360 g/mol. The average molecular weight is 1360 g/mol. The van der Waals surface area contributed by atoms with Crippen molar-refractivity contribution in [1.82, 2.24) is 4.98 Å². The molecule has 378 valence electrons. The van der Waals surface area contributed by atoms with E-state index in [1.54, 1.807) is 54.7 Å². The number of aromatic nitrogens is 1. The van der Waals surface area contributed by atoms with Gasteiger partial charge >= 0.3 is 478 Å². The van der Waals surface area contributed by atoms with Crippen molar-refractivity contribution in [2.45, 2.75) is 13.8 Å². The quantitative estimate of drug-likeness (QED) is 0.156. The molecule has 6 aliphatic heterocycles. The van der Waals surface area contributed by atoms with Gasteiger partial charge in [0.25, 0.3) is 0 Å². The number of fused-ring (bicyclic) bond motifs is 24. The van der Waals surface area contributed by atoms with Crippen LogP contribution in [-0.4, -0.2) is 49.5 Å².